The maximum absolute atomic E-state index is 10.2. The minimum Gasteiger partial charge on any atom is -0.459 e. The fourth-order valence-corrected chi connectivity index (χ4v) is 2.10. The SMILES string of the molecule is COCCC(C)(O)CNC(C)c1cc2ccccc2o1. The number of hydrogen-bond donors (Lipinski definition) is 2. The molecule has 2 atom stereocenters. The molecule has 0 radical (unpaired) electrons. The molecule has 2 aromatic rings. The number of aliphatic hydroxyl groups is 1. The van der Waals surface area contributed by atoms with Crippen LogP contribution in [0.25, 0.3) is 11.0 Å². The molecule has 20 heavy (non-hydrogen) atoms. The van der Waals surface area contributed by atoms with Crippen LogP contribution in [0.3, 0.4) is 0 Å². The number of ether oxygens (including phenoxy) is 1. The zero-order valence-electron chi connectivity index (χ0n) is 12.3. The standard InChI is InChI=1S/C16H23NO3/c1-12(17-11-16(2,18)8-9-19-3)15-10-13-6-4-5-7-14(13)20-15/h4-7,10,12,17-18H,8-9,11H2,1-3H3. The maximum atomic E-state index is 10.2. The molecule has 1 heterocycles. The molecule has 2 N–H and O–H groups in total. The minimum absolute atomic E-state index is 0.0522. The second-order valence-electron chi connectivity index (χ2n) is 5.53. The lowest BCUT2D eigenvalue weighted by atomic mass is 10.0. The molecule has 0 bridgehead atoms. The van der Waals surface area contributed by atoms with Gasteiger partial charge in [-0.15, -0.1) is 0 Å². The first kappa shape index (κ1) is 15.0. The third-order valence-corrected chi connectivity index (χ3v) is 3.51. The van der Waals surface area contributed by atoms with Crippen LogP contribution in [0.15, 0.2) is 34.7 Å². The van der Waals surface area contributed by atoms with Gasteiger partial charge in [0.1, 0.15) is 11.3 Å². The van der Waals surface area contributed by atoms with E-state index in [4.69, 9.17) is 9.15 Å². The Morgan fingerprint density at radius 1 is 1.40 bits per heavy atom. The Labute approximate surface area is 119 Å². The van der Waals surface area contributed by atoms with Crippen molar-refractivity contribution < 1.29 is 14.3 Å². The summed E-state index contributed by atoms with van der Waals surface area (Å²) in [5, 5.41) is 14.6. The van der Waals surface area contributed by atoms with Gasteiger partial charge in [-0.25, -0.2) is 0 Å². The number of hydrogen-bond acceptors (Lipinski definition) is 4. The number of rotatable bonds is 7. The molecule has 0 saturated heterocycles. The molecule has 4 nitrogen and oxygen atoms in total. The highest BCUT2D eigenvalue weighted by molar-refractivity contribution is 5.77. The van der Waals surface area contributed by atoms with Gasteiger partial charge in [0.2, 0.25) is 0 Å². The monoisotopic (exact) mass is 277 g/mol. The van der Waals surface area contributed by atoms with Crippen molar-refractivity contribution in [3.8, 4) is 0 Å². The summed E-state index contributed by atoms with van der Waals surface area (Å²) in [5.41, 5.74) is 0.110. The van der Waals surface area contributed by atoms with Crippen molar-refractivity contribution in [2.24, 2.45) is 0 Å². The molecule has 110 valence electrons. The van der Waals surface area contributed by atoms with E-state index in [1.807, 2.05) is 44.2 Å². The summed E-state index contributed by atoms with van der Waals surface area (Å²) in [6.07, 6.45) is 0.601. The summed E-state index contributed by atoms with van der Waals surface area (Å²) in [4.78, 5) is 0. The number of para-hydroxylation sites is 1. The first-order valence-electron chi connectivity index (χ1n) is 6.95. The molecule has 0 spiro atoms. The van der Waals surface area contributed by atoms with E-state index in [1.54, 1.807) is 7.11 Å². The zero-order chi connectivity index (χ0) is 14.6. The van der Waals surface area contributed by atoms with Crippen molar-refractivity contribution in [3.05, 3.63) is 36.1 Å². The van der Waals surface area contributed by atoms with Crippen LogP contribution < -0.4 is 5.32 Å². The predicted octanol–water partition coefficient (Wildman–Crippen LogP) is 2.87. The summed E-state index contributed by atoms with van der Waals surface area (Å²) < 4.78 is 10.8. The molecule has 0 saturated carbocycles. The molecule has 0 amide bonds. The molecule has 2 rings (SSSR count). The Kier molecular flexibility index (Phi) is 4.81. The van der Waals surface area contributed by atoms with E-state index in [0.29, 0.717) is 19.6 Å². The Hall–Kier alpha value is -1.36. The van der Waals surface area contributed by atoms with E-state index in [2.05, 4.69) is 5.32 Å². The molecule has 1 aromatic carbocycles. The van der Waals surface area contributed by atoms with Crippen molar-refractivity contribution in [3.63, 3.8) is 0 Å². The van der Waals surface area contributed by atoms with Gasteiger partial charge < -0.3 is 19.6 Å². The van der Waals surface area contributed by atoms with Crippen LogP contribution in [0.2, 0.25) is 0 Å². The average molecular weight is 277 g/mol. The van der Waals surface area contributed by atoms with Gasteiger partial charge in [-0.05, 0) is 26.0 Å². The van der Waals surface area contributed by atoms with Crippen LogP contribution in [0.5, 0.6) is 0 Å². The molecule has 4 heteroatoms. The fourth-order valence-electron chi connectivity index (χ4n) is 2.10. The average Bonchev–Trinajstić information content (AvgIpc) is 2.86. The van der Waals surface area contributed by atoms with Crippen molar-refractivity contribution in [2.45, 2.75) is 31.9 Å². The predicted molar refractivity (Wildman–Crippen MR) is 79.7 cm³/mol. The molecule has 0 aliphatic heterocycles. The lowest BCUT2D eigenvalue weighted by Gasteiger charge is -2.25. The van der Waals surface area contributed by atoms with Gasteiger partial charge in [0.25, 0.3) is 0 Å². The van der Waals surface area contributed by atoms with E-state index in [0.717, 1.165) is 16.7 Å². The first-order chi connectivity index (χ1) is 9.52. The lowest BCUT2D eigenvalue weighted by molar-refractivity contribution is 0.0227. The minimum atomic E-state index is -0.781. The summed E-state index contributed by atoms with van der Waals surface area (Å²) in [6, 6.07) is 10.0. The van der Waals surface area contributed by atoms with Crippen molar-refractivity contribution >= 4 is 11.0 Å². The third kappa shape index (κ3) is 3.82. The van der Waals surface area contributed by atoms with Gasteiger partial charge in [0.15, 0.2) is 0 Å². The second kappa shape index (κ2) is 6.39. The van der Waals surface area contributed by atoms with E-state index in [-0.39, 0.29) is 6.04 Å². The molecule has 1 aromatic heterocycles. The van der Waals surface area contributed by atoms with Crippen LogP contribution in [0, 0.1) is 0 Å². The van der Waals surface area contributed by atoms with Crippen LogP contribution in [-0.4, -0.2) is 31.0 Å². The lowest BCUT2D eigenvalue weighted by Crippen LogP contribution is -2.39. The quantitative estimate of drug-likeness (QED) is 0.817. The number of fused-ring (bicyclic) bond motifs is 1. The van der Waals surface area contributed by atoms with Crippen LogP contribution >= 0.6 is 0 Å². The number of benzene rings is 1. The third-order valence-electron chi connectivity index (χ3n) is 3.51. The second-order valence-corrected chi connectivity index (χ2v) is 5.53. The molecule has 0 aliphatic carbocycles. The van der Waals surface area contributed by atoms with Gasteiger partial charge in [-0.2, -0.15) is 0 Å². The van der Waals surface area contributed by atoms with Crippen molar-refractivity contribution in [1.82, 2.24) is 5.32 Å². The van der Waals surface area contributed by atoms with Gasteiger partial charge in [0, 0.05) is 32.1 Å². The van der Waals surface area contributed by atoms with E-state index in [9.17, 15) is 5.11 Å². The molecular formula is C16H23NO3. The number of methoxy groups -OCH3 is 1. The topological polar surface area (TPSA) is 54.6 Å². The molecular weight excluding hydrogens is 254 g/mol. The van der Waals surface area contributed by atoms with Gasteiger partial charge in [0.05, 0.1) is 11.6 Å². The van der Waals surface area contributed by atoms with E-state index < -0.39 is 5.60 Å². The highest BCUT2D eigenvalue weighted by Gasteiger charge is 2.21. The Morgan fingerprint density at radius 2 is 2.15 bits per heavy atom. The fraction of sp³-hybridized carbons (Fsp3) is 0.500. The Morgan fingerprint density at radius 3 is 2.85 bits per heavy atom. The van der Waals surface area contributed by atoms with Crippen LogP contribution in [-0.2, 0) is 4.74 Å². The van der Waals surface area contributed by atoms with Crippen molar-refractivity contribution in [1.29, 1.82) is 0 Å². The summed E-state index contributed by atoms with van der Waals surface area (Å²) >= 11 is 0. The van der Waals surface area contributed by atoms with E-state index >= 15 is 0 Å². The largest absolute Gasteiger partial charge is 0.459 e. The zero-order valence-corrected chi connectivity index (χ0v) is 12.3. The van der Waals surface area contributed by atoms with Crippen LogP contribution in [0.4, 0.5) is 0 Å². The normalized spacial score (nSPS) is 16.2. The molecule has 0 aliphatic rings. The van der Waals surface area contributed by atoms with Gasteiger partial charge in [-0.3, -0.25) is 0 Å². The summed E-state index contributed by atoms with van der Waals surface area (Å²) in [5.74, 6) is 0.883. The van der Waals surface area contributed by atoms with Crippen molar-refractivity contribution in [2.75, 3.05) is 20.3 Å². The number of nitrogens with one attached hydrogen (secondary N) is 1. The Balaban J connectivity index is 1.96. The van der Waals surface area contributed by atoms with E-state index in [1.165, 1.54) is 0 Å². The summed E-state index contributed by atoms with van der Waals surface area (Å²) in [7, 11) is 1.64. The smallest absolute Gasteiger partial charge is 0.134 e. The highest BCUT2D eigenvalue weighted by Crippen LogP contribution is 2.23. The van der Waals surface area contributed by atoms with Gasteiger partial charge >= 0.3 is 0 Å². The molecule has 2 unspecified atom stereocenters. The summed E-state index contributed by atoms with van der Waals surface area (Å²) in [6.45, 7) is 4.89. The maximum Gasteiger partial charge on any atom is 0.134 e. The number of furan rings is 1. The highest BCUT2D eigenvalue weighted by atomic mass is 16.5. The van der Waals surface area contributed by atoms with Gasteiger partial charge in [-0.1, -0.05) is 18.2 Å². The first-order valence-corrected chi connectivity index (χ1v) is 6.95. The molecule has 0 fully saturated rings. The Bertz CT molecular complexity index is 514. The van der Waals surface area contributed by atoms with Crippen LogP contribution in [0.1, 0.15) is 32.1 Å².